The fraction of sp³-hybridized carbons (Fsp3) is 0.200. The Balaban J connectivity index is 2.05. The number of hydrogen-bond donors (Lipinski definition) is 1. The van der Waals surface area contributed by atoms with Gasteiger partial charge in [-0.05, 0) is 32.0 Å². The van der Waals surface area contributed by atoms with Crippen molar-refractivity contribution < 1.29 is 18.7 Å². The minimum atomic E-state index is -0.251. The van der Waals surface area contributed by atoms with Crippen molar-refractivity contribution in [2.24, 2.45) is 0 Å². The van der Waals surface area contributed by atoms with Gasteiger partial charge in [0.2, 0.25) is 0 Å². The number of aryl methyl sites for hydroxylation is 2. The largest absolute Gasteiger partial charge is 0.482 e. The van der Waals surface area contributed by atoms with Crippen molar-refractivity contribution >= 4 is 29.0 Å². The molecule has 0 spiro atoms. The minimum absolute atomic E-state index is 0.0773. The first kappa shape index (κ1) is 13.7. The summed E-state index contributed by atoms with van der Waals surface area (Å²) in [6.45, 7) is 3.42. The fourth-order valence-corrected chi connectivity index (χ4v) is 2.52. The van der Waals surface area contributed by atoms with Crippen LogP contribution in [0.15, 0.2) is 22.6 Å². The van der Waals surface area contributed by atoms with Crippen molar-refractivity contribution in [3.63, 3.8) is 0 Å². The monoisotopic (exact) mass is 305 g/mol. The molecule has 0 bridgehead atoms. The van der Waals surface area contributed by atoms with Gasteiger partial charge in [-0.15, -0.1) is 0 Å². The lowest BCUT2D eigenvalue weighted by molar-refractivity contribution is -0.118. The van der Waals surface area contributed by atoms with Gasteiger partial charge < -0.3 is 14.5 Å². The molecule has 6 heteroatoms. The summed E-state index contributed by atoms with van der Waals surface area (Å²) in [5.41, 5.74) is 1.25. The highest BCUT2D eigenvalue weighted by molar-refractivity contribution is 6.35. The maximum Gasteiger partial charge on any atom is 0.262 e. The summed E-state index contributed by atoms with van der Waals surface area (Å²) in [5.74, 6) is 1.14. The summed E-state index contributed by atoms with van der Waals surface area (Å²) in [7, 11) is 0. The van der Waals surface area contributed by atoms with Gasteiger partial charge in [0.15, 0.2) is 12.4 Å². The quantitative estimate of drug-likeness (QED) is 0.866. The van der Waals surface area contributed by atoms with Crippen molar-refractivity contribution in [1.82, 2.24) is 0 Å². The molecule has 0 saturated carbocycles. The molecule has 0 atom stereocenters. The first-order valence-electron chi connectivity index (χ1n) is 6.33. The van der Waals surface area contributed by atoms with Crippen molar-refractivity contribution in [2.75, 3.05) is 11.9 Å². The van der Waals surface area contributed by atoms with E-state index in [1.54, 1.807) is 26.0 Å². The molecule has 1 aromatic carbocycles. The van der Waals surface area contributed by atoms with Gasteiger partial charge in [0.1, 0.15) is 17.3 Å². The van der Waals surface area contributed by atoms with E-state index in [2.05, 4.69) is 5.32 Å². The van der Waals surface area contributed by atoms with Crippen LogP contribution in [0.5, 0.6) is 5.75 Å². The Morgan fingerprint density at radius 3 is 2.67 bits per heavy atom. The molecule has 1 amide bonds. The second-order valence-corrected chi connectivity index (χ2v) is 5.23. The molecule has 0 saturated heterocycles. The number of nitrogens with one attached hydrogen (secondary N) is 1. The Labute approximate surface area is 125 Å². The first-order chi connectivity index (χ1) is 9.95. The number of rotatable bonds is 2. The van der Waals surface area contributed by atoms with Crippen LogP contribution >= 0.6 is 11.6 Å². The van der Waals surface area contributed by atoms with E-state index < -0.39 is 0 Å². The molecular weight excluding hydrogens is 294 g/mol. The van der Waals surface area contributed by atoms with Crippen LogP contribution in [0.3, 0.4) is 0 Å². The summed E-state index contributed by atoms with van der Waals surface area (Å²) in [6.07, 6.45) is 0. The Kier molecular flexibility index (Phi) is 3.22. The number of amides is 1. The summed E-state index contributed by atoms with van der Waals surface area (Å²) < 4.78 is 10.7. The van der Waals surface area contributed by atoms with E-state index in [4.69, 9.17) is 20.8 Å². The third-order valence-corrected chi connectivity index (χ3v) is 3.55. The van der Waals surface area contributed by atoms with E-state index >= 15 is 0 Å². The summed E-state index contributed by atoms with van der Waals surface area (Å²) in [5, 5.41) is 2.90. The lowest BCUT2D eigenvalue weighted by Gasteiger charge is -2.19. The third kappa shape index (κ3) is 2.40. The molecular formula is C15H12ClNO4. The second-order valence-electron chi connectivity index (χ2n) is 4.82. The van der Waals surface area contributed by atoms with Crippen LogP contribution in [-0.2, 0) is 4.79 Å². The van der Waals surface area contributed by atoms with Gasteiger partial charge in [0.25, 0.3) is 5.91 Å². The van der Waals surface area contributed by atoms with Gasteiger partial charge in [-0.3, -0.25) is 9.59 Å². The Hall–Kier alpha value is -2.27. The number of hydrogen-bond acceptors (Lipinski definition) is 4. The van der Waals surface area contributed by atoms with Crippen LogP contribution in [0.25, 0.3) is 0 Å². The molecule has 0 fully saturated rings. The van der Waals surface area contributed by atoms with Crippen LogP contribution < -0.4 is 10.1 Å². The number of fused-ring (bicyclic) bond motifs is 1. The predicted molar refractivity (Wildman–Crippen MR) is 77.2 cm³/mol. The van der Waals surface area contributed by atoms with E-state index in [1.807, 2.05) is 0 Å². The highest BCUT2D eigenvalue weighted by Gasteiger charge is 2.23. The zero-order chi connectivity index (χ0) is 15.1. The lowest BCUT2D eigenvalue weighted by atomic mass is 10.0. The molecule has 0 unspecified atom stereocenters. The van der Waals surface area contributed by atoms with E-state index in [0.717, 1.165) is 0 Å². The van der Waals surface area contributed by atoms with Gasteiger partial charge in [-0.25, -0.2) is 0 Å². The van der Waals surface area contributed by atoms with Crippen molar-refractivity contribution in [1.29, 1.82) is 0 Å². The first-order valence-corrected chi connectivity index (χ1v) is 6.71. The molecule has 2 heterocycles. The van der Waals surface area contributed by atoms with Crippen LogP contribution in [0.1, 0.15) is 27.4 Å². The van der Waals surface area contributed by atoms with Crippen LogP contribution in [0, 0.1) is 13.8 Å². The maximum absolute atomic E-state index is 12.6. The lowest BCUT2D eigenvalue weighted by Crippen LogP contribution is -2.25. The molecule has 1 N–H and O–H groups in total. The molecule has 5 nitrogen and oxygen atoms in total. The predicted octanol–water partition coefficient (Wildman–Crippen LogP) is 3.11. The smallest absolute Gasteiger partial charge is 0.262 e. The Morgan fingerprint density at radius 2 is 2.00 bits per heavy atom. The van der Waals surface area contributed by atoms with Crippen LogP contribution in [0.4, 0.5) is 5.69 Å². The van der Waals surface area contributed by atoms with Gasteiger partial charge >= 0.3 is 0 Å². The molecule has 1 aromatic heterocycles. The van der Waals surface area contributed by atoms with Crippen molar-refractivity contribution in [3.8, 4) is 5.75 Å². The van der Waals surface area contributed by atoms with Gasteiger partial charge in [-0.1, -0.05) is 11.6 Å². The normalized spacial score (nSPS) is 13.4. The average molecular weight is 306 g/mol. The number of ether oxygens (including phenoxy) is 1. The number of benzene rings is 1. The van der Waals surface area contributed by atoms with Crippen LogP contribution in [0.2, 0.25) is 5.02 Å². The Bertz CT molecular complexity index is 763. The van der Waals surface area contributed by atoms with E-state index in [-0.39, 0.29) is 23.3 Å². The molecule has 21 heavy (non-hydrogen) atoms. The molecule has 3 rings (SSSR count). The number of furan rings is 1. The number of anilines is 1. The number of ketones is 1. The number of carbonyl (C=O) groups excluding carboxylic acids is 2. The van der Waals surface area contributed by atoms with Crippen molar-refractivity contribution in [2.45, 2.75) is 13.8 Å². The maximum atomic E-state index is 12.6. The van der Waals surface area contributed by atoms with E-state index in [1.165, 1.54) is 6.07 Å². The standard InChI is InChI=1S/C15H12ClNO4/c1-7-3-9(8(2)21-7)15(19)10-4-13-12(5-11(10)16)17-14(18)6-20-13/h3-5H,6H2,1-2H3,(H,17,18). The van der Waals surface area contributed by atoms with Gasteiger partial charge in [-0.2, -0.15) is 0 Å². The summed E-state index contributed by atoms with van der Waals surface area (Å²) in [6, 6.07) is 4.74. The average Bonchev–Trinajstić information content (AvgIpc) is 2.76. The Morgan fingerprint density at radius 1 is 1.24 bits per heavy atom. The van der Waals surface area contributed by atoms with Crippen molar-refractivity contribution in [3.05, 3.63) is 45.9 Å². The minimum Gasteiger partial charge on any atom is -0.482 e. The van der Waals surface area contributed by atoms with E-state index in [0.29, 0.717) is 34.1 Å². The zero-order valence-electron chi connectivity index (χ0n) is 11.5. The fourth-order valence-electron chi connectivity index (χ4n) is 2.28. The molecule has 1 aliphatic heterocycles. The molecule has 0 aliphatic carbocycles. The second kappa shape index (κ2) is 4.93. The number of halogens is 1. The summed E-state index contributed by atoms with van der Waals surface area (Å²) in [4.78, 5) is 23.8. The molecule has 1 aliphatic rings. The highest BCUT2D eigenvalue weighted by atomic mass is 35.5. The molecule has 0 radical (unpaired) electrons. The SMILES string of the molecule is Cc1cc(C(=O)c2cc3c(cc2Cl)NC(=O)CO3)c(C)o1. The topological polar surface area (TPSA) is 68.5 Å². The third-order valence-electron chi connectivity index (χ3n) is 3.23. The molecule has 108 valence electrons. The van der Waals surface area contributed by atoms with Gasteiger partial charge in [0, 0.05) is 5.56 Å². The van der Waals surface area contributed by atoms with E-state index in [9.17, 15) is 9.59 Å². The number of carbonyl (C=O) groups is 2. The molecule has 2 aromatic rings. The zero-order valence-corrected chi connectivity index (χ0v) is 12.2. The highest BCUT2D eigenvalue weighted by Crippen LogP contribution is 2.35. The summed E-state index contributed by atoms with van der Waals surface area (Å²) >= 11 is 6.15. The van der Waals surface area contributed by atoms with Crippen LogP contribution in [-0.4, -0.2) is 18.3 Å². The van der Waals surface area contributed by atoms with Gasteiger partial charge in [0.05, 0.1) is 16.3 Å².